The highest BCUT2D eigenvalue weighted by Crippen LogP contribution is 2.60. The van der Waals surface area contributed by atoms with E-state index in [4.69, 9.17) is 0 Å². The van der Waals surface area contributed by atoms with E-state index in [9.17, 15) is 9.59 Å². The van der Waals surface area contributed by atoms with Crippen LogP contribution in [-0.4, -0.2) is 11.6 Å². The molecule has 4 aliphatic rings. The highest BCUT2D eigenvalue weighted by molar-refractivity contribution is 6.17. The molecule has 0 radical (unpaired) electrons. The summed E-state index contributed by atoms with van der Waals surface area (Å²) in [6, 6.07) is 0. The van der Waals surface area contributed by atoms with Crippen molar-refractivity contribution in [3.05, 3.63) is 35.5 Å². The van der Waals surface area contributed by atoms with Gasteiger partial charge in [0.25, 0.3) is 0 Å². The Hall–Kier alpha value is -1.44. The Bertz CT molecular complexity index is 564. The monoisotopic (exact) mass is 240 g/mol. The first kappa shape index (κ1) is 10.5. The van der Waals surface area contributed by atoms with Crippen molar-refractivity contribution in [1.29, 1.82) is 0 Å². The predicted molar refractivity (Wildman–Crippen MR) is 67.7 cm³/mol. The van der Waals surface area contributed by atoms with Crippen LogP contribution in [0.5, 0.6) is 0 Å². The molecule has 0 amide bonds. The third-order valence-corrected chi connectivity index (χ3v) is 5.48. The summed E-state index contributed by atoms with van der Waals surface area (Å²) in [5, 5.41) is 0. The molecular weight excluding hydrogens is 224 g/mol. The fourth-order valence-electron chi connectivity index (χ4n) is 4.51. The van der Waals surface area contributed by atoms with Gasteiger partial charge in [0, 0.05) is 22.5 Å². The van der Waals surface area contributed by atoms with Crippen molar-refractivity contribution in [1.82, 2.24) is 0 Å². The first-order chi connectivity index (χ1) is 8.64. The molecule has 1 saturated carbocycles. The van der Waals surface area contributed by atoms with Gasteiger partial charge in [-0.1, -0.05) is 31.2 Å². The molecule has 0 aromatic heterocycles. The lowest BCUT2D eigenvalue weighted by molar-refractivity contribution is -0.137. The predicted octanol–water partition coefficient (Wildman–Crippen LogP) is 2.61. The van der Waals surface area contributed by atoms with E-state index in [1.165, 1.54) is 0 Å². The van der Waals surface area contributed by atoms with Gasteiger partial charge >= 0.3 is 0 Å². The molecule has 0 aliphatic heterocycles. The minimum Gasteiger partial charge on any atom is -0.294 e. The van der Waals surface area contributed by atoms with E-state index >= 15 is 0 Å². The first-order valence-electron chi connectivity index (χ1n) is 6.78. The van der Waals surface area contributed by atoms with Crippen LogP contribution < -0.4 is 0 Å². The topological polar surface area (TPSA) is 34.1 Å². The molecule has 92 valence electrons. The van der Waals surface area contributed by atoms with E-state index in [1.54, 1.807) is 0 Å². The Labute approximate surface area is 106 Å². The molecule has 0 N–H and O–H groups in total. The SMILES string of the molecule is CC12C(=O)C3=C(CC=CC3)C(=O)C1C1C=CC2C1. The van der Waals surface area contributed by atoms with Gasteiger partial charge in [-0.3, -0.25) is 9.59 Å². The zero-order chi connectivity index (χ0) is 12.5. The standard InChI is InChI=1S/C16H16O2/c1-16-10-7-6-9(8-10)13(16)14(17)11-4-2-3-5-12(11)15(16)18/h2-3,6-7,9-10,13H,4-5,8H2,1H3. The van der Waals surface area contributed by atoms with Gasteiger partial charge in [0.2, 0.25) is 0 Å². The molecule has 18 heavy (non-hydrogen) atoms. The van der Waals surface area contributed by atoms with Crippen LogP contribution in [0.15, 0.2) is 35.5 Å². The largest absolute Gasteiger partial charge is 0.294 e. The van der Waals surface area contributed by atoms with Crippen molar-refractivity contribution in [2.75, 3.05) is 0 Å². The zero-order valence-electron chi connectivity index (χ0n) is 10.5. The number of allylic oxidation sites excluding steroid dienone is 6. The average Bonchev–Trinajstić information content (AvgIpc) is 2.96. The molecule has 4 unspecified atom stereocenters. The lowest BCUT2D eigenvalue weighted by atomic mass is 9.58. The highest BCUT2D eigenvalue weighted by atomic mass is 16.1. The van der Waals surface area contributed by atoms with Gasteiger partial charge in [0.1, 0.15) is 0 Å². The van der Waals surface area contributed by atoms with Crippen molar-refractivity contribution in [2.24, 2.45) is 23.2 Å². The maximum absolute atomic E-state index is 12.8. The third-order valence-electron chi connectivity index (χ3n) is 5.48. The normalized spacial score (nSPS) is 44.6. The highest BCUT2D eigenvalue weighted by Gasteiger charge is 2.62. The van der Waals surface area contributed by atoms with Gasteiger partial charge in [0.05, 0.1) is 0 Å². The van der Waals surface area contributed by atoms with Gasteiger partial charge < -0.3 is 0 Å². The van der Waals surface area contributed by atoms with Gasteiger partial charge in [-0.05, 0) is 31.1 Å². The fraction of sp³-hybridized carbons (Fsp3) is 0.500. The van der Waals surface area contributed by atoms with Gasteiger partial charge in [-0.15, -0.1) is 0 Å². The molecule has 2 bridgehead atoms. The van der Waals surface area contributed by atoms with E-state index in [0.717, 1.165) is 17.6 Å². The molecule has 0 heterocycles. The van der Waals surface area contributed by atoms with Crippen LogP contribution >= 0.6 is 0 Å². The summed E-state index contributed by atoms with van der Waals surface area (Å²) >= 11 is 0. The van der Waals surface area contributed by atoms with Crippen LogP contribution in [0.3, 0.4) is 0 Å². The number of carbonyl (C=O) groups is 2. The molecular formula is C16H16O2. The Balaban J connectivity index is 1.91. The summed E-state index contributed by atoms with van der Waals surface area (Å²) in [6.45, 7) is 2.02. The smallest absolute Gasteiger partial charge is 0.166 e. The number of fused-ring (bicyclic) bond motifs is 5. The van der Waals surface area contributed by atoms with Crippen molar-refractivity contribution in [3.63, 3.8) is 0 Å². The van der Waals surface area contributed by atoms with E-state index in [0.29, 0.717) is 18.8 Å². The number of Topliss-reactive ketones (excluding diaryl/α,β-unsaturated/α-hetero) is 2. The van der Waals surface area contributed by atoms with E-state index in [-0.39, 0.29) is 23.4 Å². The molecule has 2 heteroatoms. The molecule has 0 spiro atoms. The Morgan fingerprint density at radius 1 is 1.11 bits per heavy atom. The van der Waals surface area contributed by atoms with Crippen LogP contribution in [0.1, 0.15) is 26.2 Å². The van der Waals surface area contributed by atoms with Crippen molar-refractivity contribution in [3.8, 4) is 0 Å². The van der Waals surface area contributed by atoms with Crippen LogP contribution in [-0.2, 0) is 9.59 Å². The average molecular weight is 240 g/mol. The number of ketones is 2. The molecule has 2 nitrogen and oxygen atoms in total. The Morgan fingerprint density at radius 3 is 2.61 bits per heavy atom. The van der Waals surface area contributed by atoms with E-state index in [1.807, 2.05) is 19.1 Å². The first-order valence-corrected chi connectivity index (χ1v) is 6.78. The second-order valence-corrected chi connectivity index (χ2v) is 6.18. The minimum atomic E-state index is -0.444. The minimum absolute atomic E-state index is 0.0785. The second-order valence-electron chi connectivity index (χ2n) is 6.18. The van der Waals surface area contributed by atoms with Crippen molar-refractivity contribution < 1.29 is 9.59 Å². The lowest BCUT2D eigenvalue weighted by Crippen LogP contribution is -2.48. The van der Waals surface area contributed by atoms with Crippen molar-refractivity contribution in [2.45, 2.75) is 26.2 Å². The summed E-state index contributed by atoms with van der Waals surface area (Å²) < 4.78 is 0. The summed E-state index contributed by atoms with van der Waals surface area (Å²) in [5.41, 5.74) is 1.17. The molecule has 1 fully saturated rings. The zero-order valence-corrected chi connectivity index (χ0v) is 10.5. The number of hydrogen-bond donors (Lipinski definition) is 0. The Kier molecular flexibility index (Phi) is 1.81. The van der Waals surface area contributed by atoms with Crippen LogP contribution in [0, 0.1) is 23.2 Å². The van der Waals surface area contributed by atoms with Crippen molar-refractivity contribution >= 4 is 11.6 Å². The number of rotatable bonds is 0. The molecule has 4 atom stereocenters. The summed E-state index contributed by atoms with van der Waals surface area (Å²) in [4.78, 5) is 25.5. The summed E-state index contributed by atoms with van der Waals surface area (Å²) in [6.07, 6.45) is 10.7. The molecule has 4 aliphatic carbocycles. The van der Waals surface area contributed by atoms with Crippen LogP contribution in [0.4, 0.5) is 0 Å². The van der Waals surface area contributed by atoms with Crippen LogP contribution in [0.2, 0.25) is 0 Å². The Morgan fingerprint density at radius 2 is 1.83 bits per heavy atom. The third kappa shape index (κ3) is 0.969. The van der Waals surface area contributed by atoms with E-state index in [2.05, 4.69) is 12.2 Å². The van der Waals surface area contributed by atoms with Gasteiger partial charge in [-0.25, -0.2) is 0 Å². The molecule has 4 rings (SSSR count). The maximum Gasteiger partial charge on any atom is 0.166 e. The number of carbonyl (C=O) groups excluding carboxylic acids is 2. The lowest BCUT2D eigenvalue weighted by Gasteiger charge is -2.42. The summed E-state index contributed by atoms with van der Waals surface area (Å²) in [7, 11) is 0. The second kappa shape index (κ2) is 3.11. The maximum atomic E-state index is 12.8. The summed E-state index contributed by atoms with van der Waals surface area (Å²) in [5.74, 6) is 1.02. The quantitative estimate of drug-likeness (QED) is 0.610. The van der Waals surface area contributed by atoms with Crippen LogP contribution in [0.25, 0.3) is 0 Å². The molecule has 0 aromatic carbocycles. The molecule has 0 saturated heterocycles. The van der Waals surface area contributed by atoms with Gasteiger partial charge in [-0.2, -0.15) is 0 Å². The fourth-order valence-corrected chi connectivity index (χ4v) is 4.51. The number of hydrogen-bond acceptors (Lipinski definition) is 2. The molecule has 0 aromatic rings. The van der Waals surface area contributed by atoms with Gasteiger partial charge in [0.15, 0.2) is 11.6 Å². The van der Waals surface area contributed by atoms with E-state index < -0.39 is 5.41 Å².